The van der Waals surface area contributed by atoms with Crippen LogP contribution in [0.4, 0.5) is 17.1 Å². The molecule has 0 fully saturated rings. The van der Waals surface area contributed by atoms with E-state index in [1.54, 1.807) is 12.4 Å². The van der Waals surface area contributed by atoms with Crippen molar-refractivity contribution in [1.82, 2.24) is 4.98 Å². The van der Waals surface area contributed by atoms with Gasteiger partial charge in [0.2, 0.25) is 0 Å². The molecule has 0 atom stereocenters. The van der Waals surface area contributed by atoms with Gasteiger partial charge in [0.25, 0.3) is 5.91 Å². The number of aromatic nitrogens is 1. The third-order valence-electron chi connectivity index (χ3n) is 5.70. The fraction of sp³-hybridized carbons (Fsp3) is 0.280. The van der Waals surface area contributed by atoms with Gasteiger partial charge in [0, 0.05) is 54.5 Å². The maximum atomic E-state index is 13.1. The number of hydrogen-bond acceptors (Lipinski definition) is 4. The molecule has 0 bridgehead atoms. The molecule has 4 rings (SSSR count). The Labute approximate surface area is 178 Å². The molecule has 1 aliphatic heterocycles. The number of rotatable bonds is 6. The highest BCUT2D eigenvalue weighted by Crippen LogP contribution is 2.41. The zero-order chi connectivity index (χ0) is 21.1. The topological polar surface area (TPSA) is 57.3 Å². The van der Waals surface area contributed by atoms with Gasteiger partial charge in [-0.25, -0.2) is 0 Å². The summed E-state index contributed by atoms with van der Waals surface area (Å²) in [6, 6.07) is 17.8. The molecule has 0 saturated heterocycles. The number of nitrogens with one attached hydrogen (secondary N) is 2. The van der Waals surface area contributed by atoms with Gasteiger partial charge in [-0.15, -0.1) is 0 Å². The van der Waals surface area contributed by atoms with E-state index < -0.39 is 0 Å². The molecule has 0 aliphatic carbocycles. The third-order valence-corrected chi connectivity index (χ3v) is 5.70. The zero-order valence-corrected chi connectivity index (χ0v) is 17.8. The van der Waals surface area contributed by atoms with Crippen molar-refractivity contribution in [2.24, 2.45) is 0 Å². The fourth-order valence-corrected chi connectivity index (χ4v) is 4.10. The van der Waals surface area contributed by atoms with Gasteiger partial charge in [0.15, 0.2) is 0 Å². The van der Waals surface area contributed by atoms with E-state index in [9.17, 15) is 4.79 Å². The highest BCUT2D eigenvalue weighted by Gasteiger charge is 2.34. The first-order chi connectivity index (χ1) is 14.5. The molecule has 2 heterocycles. The molecule has 30 heavy (non-hydrogen) atoms. The van der Waals surface area contributed by atoms with E-state index in [0.717, 1.165) is 30.0 Å². The summed E-state index contributed by atoms with van der Waals surface area (Å²) in [5.41, 5.74) is 6.03. The Hall–Kier alpha value is -3.34. The molecule has 0 radical (unpaired) electrons. The largest absolute Gasteiger partial charge is 0.380 e. The van der Waals surface area contributed by atoms with Gasteiger partial charge in [-0.3, -0.25) is 9.78 Å². The lowest BCUT2D eigenvalue weighted by molar-refractivity contribution is 0.102. The summed E-state index contributed by atoms with van der Waals surface area (Å²) in [6.45, 7) is 9.29. The van der Waals surface area contributed by atoms with Crippen LogP contribution in [-0.4, -0.2) is 24.0 Å². The number of para-hydroxylation sites is 1. The van der Waals surface area contributed by atoms with Gasteiger partial charge in [-0.2, -0.15) is 0 Å². The van der Waals surface area contributed by atoms with Crippen LogP contribution in [0.2, 0.25) is 0 Å². The van der Waals surface area contributed by atoms with Crippen LogP contribution in [0, 0.1) is 0 Å². The Morgan fingerprint density at radius 1 is 1.10 bits per heavy atom. The summed E-state index contributed by atoms with van der Waals surface area (Å²) in [5.74, 6) is -0.118. The van der Waals surface area contributed by atoms with E-state index in [4.69, 9.17) is 0 Å². The monoisotopic (exact) mass is 400 g/mol. The predicted octanol–water partition coefficient (Wildman–Crippen LogP) is 5.06. The van der Waals surface area contributed by atoms with Crippen molar-refractivity contribution < 1.29 is 4.79 Å². The molecule has 5 nitrogen and oxygen atoms in total. The molecule has 1 aromatic heterocycles. The van der Waals surface area contributed by atoms with E-state index in [-0.39, 0.29) is 11.3 Å². The van der Waals surface area contributed by atoms with Gasteiger partial charge >= 0.3 is 0 Å². The number of fused-ring (bicyclic) bond motifs is 1. The second kappa shape index (κ2) is 8.19. The quantitative estimate of drug-likeness (QED) is 0.607. The van der Waals surface area contributed by atoms with Crippen LogP contribution in [0.25, 0.3) is 0 Å². The number of pyridine rings is 1. The molecule has 154 valence electrons. The first kappa shape index (κ1) is 20.0. The molecule has 0 spiro atoms. The number of hydrogen-bond donors (Lipinski definition) is 2. The maximum absolute atomic E-state index is 13.1. The van der Waals surface area contributed by atoms with Crippen LogP contribution >= 0.6 is 0 Å². The van der Waals surface area contributed by atoms with Crippen molar-refractivity contribution in [2.75, 3.05) is 28.6 Å². The van der Waals surface area contributed by atoms with Crippen LogP contribution in [0.1, 0.15) is 42.3 Å². The minimum atomic E-state index is -0.118. The lowest BCUT2D eigenvalue weighted by atomic mass is 9.87. The van der Waals surface area contributed by atoms with Crippen LogP contribution in [0.5, 0.6) is 0 Å². The van der Waals surface area contributed by atoms with Gasteiger partial charge < -0.3 is 15.5 Å². The van der Waals surface area contributed by atoms with Crippen molar-refractivity contribution >= 4 is 23.0 Å². The molecule has 2 N–H and O–H groups in total. The Morgan fingerprint density at radius 3 is 2.63 bits per heavy atom. The third kappa shape index (κ3) is 4.01. The minimum absolute atomic E-state index is 0.118. The molecular weight excluding hydrogens is 372 g/mol. The highest BCUT2D eigenvalue weighted by atomic mass is 16.1. The summed E-state index contributed by atoms with van der Waals surface area (Å²) < 4.78 is 0. The Balaban J connectivity index is 1.52. The number of anilines is 3. The lowest BCUT2D eigenvalue weighted by Gasteiger charge is -2.20. The second-order valence-electron chi connectivity index (χ2n) is 8.34. The Bertz CT molecular complexity index is 1050. The van der Waals surface area contributed by atoms with Gasteiger partial charge in [-0.1, -0.05) is 32.0 Å². The molecule has 3 aromatic rings. The summed E-state index contributed by atoms with van der Waals surface area (Å²) in [4.78, 5) is 19.5. The fourth-order valence-electron chi connectivity index (χ4n) is 4.10. The summed E-state index contributed by atoms with van der Waals surface area (Å²) in [7, 11) is 0. The van der Waals surface area contributed by atoms with Gasteiger partial charge in [0.1, 0.15) is 0 Å². The maximum Gasteiger partial charge on any atom is 0.257 e. The Morgan fingerprint density at radius 2 is 1.87 bits per heavy atom. The van der Waals surface area contributed by atoms with Crippen LogP contribution in [-0.2, 0) is 12.0 Å². The zero-order valence-electron chi connectivity index (χ0n) is 17.8. The first-order valence-electron chi connectivity index (χ1n) is 10.4. The average Bonchev–Trinajstić information content (AvgIpc) is 3.02. The van der Waals surface area contributed by atoms with Crippen LogP contribution in [0.3, 0.4) is 0 Å². The van der Waals surface area contributed by atoms with E-state index in [2.05, 4.69) is 53.4 Å². The van der Waals surface area contributed by atoms with Crippen LogP contribution < -0.4 is 15.5 Å². The minimum Gasteiger partial charge on any atom is -0.380 e. The molecule has 2 aromatic carbocycles. The first-order valence-corrected chi connectivity index (χ1v) is 10.4. The summed E-state index contributed by atoms with van der Waals surface area (Å²) >= 11 is 0. The predicted molar refractivity (Wildman–Crippen MR) is 123 cm³/mol. The molecule has 0 unspecified atom stereocenters. The van der Waals surface area contributed by atoms with Gasteiger partial charge in [0.05, 0.1) is 5.56 Å². The molecule has 1 aliphatic rings. The van der Waals surface area contributed by atoms with Crippen molar-refractivity contribution in [2.45, 2.75) is 32.7 Å². The van der Waals surface area contributed by atoms with E-state index >= 15 is 0 Å². The lowest BCUT2D eigenvalue weighted by Crippen LogP contribution is -2.28. The standard InChI is InChI=1S/C25H28N4O/c1-4-29-17-25(2,3)21-10-9-19(15-23(21)29)28-24(30)20-7-5-6-8-22(20)27-16-18-11-13-26-14-12-18/h5-15,27H,4,16-17H2,1-3H3,(H,28,30). The van der Waals surface area contributed by atoms with Crippen molar-refractivity contribution in [3.8, 4) is 0 Å². The highest BCUT2D eigenvalue weighted by molar-refractivity contribution is 6.08. The van der Waals surface area contributed by atoms with E-state index in [1.807, 2.05) is 42.5 Å². The van der Waals surface area contributed by atoms with E-state index in [0.29, 0.717) is 12.1 Å². The number of carbonyl (C=O) groups excluding carboxylic acids is 1. The number of benzene rings is 2. The molecule has 0 saturated carbocycles. The number of likely N-dealkylation sites (N-methyl/N-ethyl adjacent to an activating group) is 1. The Kier molecular flexibility index (Phi) is 5.44. The van der Waals surface area contributed by atoms with Crippen molar-refractivity contribution in [3.05, 3.63) is 83.7 Å². The van der Waals surface area contributed by atoms with E-state index in [1.165, 1.54) is 11.3 Å². The number of carbonyl (C=O) groups is 1. The molecule has 5 heteroatoms. The smallest absolute Gasteiger partial charge is 0.257 e. The van der Waals surface area contributed by atoms with Crippen molar-refractivity contribution in [1.29, 1.82) is 0 Å². The molecular formula is C25H28N4O. The van der Waals surface area contributed by atoms with Gasteiger partial charge in [-0.05, 0) is 54.4 Å². The number of nitrogens with zero attached hydrogens (tertiary/aromatic N) is 2. The van der Waals surface area contributed by atoms with Crippen molar-refractivity contribution in [3.63, 3.8) is 0 Å². The number of amides is 1. The SMILES string of the molecule is CCN1CC(C)(C)c2ccc(NC(=O)c3ccccc3NCc3ccncc3)cc21. The van der Waals surface area contributed by atoms with Crippen LogP contribution in [0.15, 0.2) is 67.0 Å². The average molecular weight is 401 g/mol. The normalized spacial score (nSPS) is 14.3. The summed E-state index contributed by atoms with van der Waals surface area (Å²) in [5, 5.41) is 6.45. The molecule has 1 amide bonds. The summed E-state index contributed by atoms with van der Waals surface area (Å²) in [6.07, 6.45) is 3.54. The second-order valence-corrected chi connectivity index (χ2v) is 8.34.